The van der Waals surface area contributed by atoms with Crippen LogP contribution in [0.3, 0.4) is 0 Å². The summed E-state index contributed by atoms with van der Waals surface area (Å²) in [5.41, 5.74) is 5.84. The lowest BCUT2D eigenvalue weighted by Crippen LogP contribution is -2.30. The van der Waals surface area contributed by atoms with Crippen molar-refractivity contribution >= 4 is 17.1 Å². The van der Waals surface area contributed by atoms with Crippen LogP contribution >= 0.6 is 0 Å². The molecular weight excluding hydrogens is 414 g/mol. The lowest BCUT2D eigenvalue weighted by Gasteiger charge is -2.31. The Labute approximate surface area is 195 Å². The number of nitrogens with one attached hydrogen (secondary N) is 1. The second-order valence-corrected chi connectivity index (χ2v) is 8.67. The van der Waals surface area contributed by atoms with Gasteiger partial charge in [0.15, 0.2) is 0 Å². The molecule has 1 N–H and O–H groups in total. The summed E-state index contributed by atoms with van der Waals surface area (Å²) >= 11 is 0. The van der Waals surface area contributed by atoms with Gasteiger partial charge in [-0.1, -0.05) is 43.9 Å². The fraction of sp³-hybridized carbons (Fsp3) is 0.333. The minimum absolute atomic E-state index is 0.0998. The van der Waals surface area contributed by atoms with Gasteiger partial charge < -0.3 is 15.0 Å². The minimum Gasteiger partial charge on any atom is -0.489 e. The van der Waals surface area contributed by atoms with Crippen LogP contribution in [0, 0.1) is 23.0 Å². The van der Waals surface area contributed by atoms with Gasteiger partial charge in [0.25, 0.3) is 5.69 Å². The molecule has 0 saturated carbocycles. The molecule has 172 valence electrons. The number of nitro benzene ring substituents is 1. The zero-order valence-corrected chi connectivity index (χ0v) is 19.5. The van der Waals surface area contributed by atoms with E-state index in [1.165, 1.54) is 0 Å². The van der Waals surface area contributed by atoms with Crippen molar-refractivity contribution in [3.8, 4) is 5.75 Å². The van der Waals surface area contributed by atoms with Gasteiger partial charge >= 0.3 is 0 Å². The lowest BCUT2D eigenvalue weighted by molar-refractivity contribution is -0.385. The molecule has 1 saturated heterocycles. The number of anilines is 1. The van der Waals surface area contributed by atoms with Gasteiger partial charge in [0.05, 0.1) is 11.0 Å². The first-order valence-electron chi connectivity index (χ1n) is 11.4. The molecule has 2 unspecified atom stereocenters. The van der Waals surface area contributed by atoms with Crippen LogP contribution in [0.25, 0.3) is 5.70 Å². The van der Waals surface area contributed by atoms with E-state index < -0.39 is 0 Å². The summed E-state index contributed by atoms with van der Waals surface area (Å²) < 4.78 is 6.12. The van der Waals surface area contributed by atoms with E-state index in [-0.39, 0.29) is 17.2 Å². The average Bonchev–Trinajstić information content (AvgIpc) is 3.26. The third-order valence-electron chi connectivity index (χ3n) is 6.57. The molecule has 1 fully saturated rings. The molecule has 2 aromatic rings. The number of hydrogen-bond acceptors (Lipinski definition) is 5. The number of likely N-dealkylation sites (tertiary alicyclic amines) is 1. The topological polar surface area (TPSA) is 67.6 Å². The highest BCUT2D eigenvalue weighted by Gasteiger charge is 2.33. The number of benzene rings is 2. The maximum Gasteiger partial charge on any atom is 0.270 e. The van der Waals surface area contributed by atoms with Crippen LogP contribution in [0.4, 0.5) is 11.4 Å². The van der Waals surface area contributed by atoms with Gasteiger partial charge in [-0.3, -0.25) is 10.1 Å². The zero-order valence-electron chi connectivity index (χ0n) is 19.5. The van der Waals surface area contributed by atoms with E-state index in [2.05, 4.69) is 47.2 Å². The molecule has 2 aromatic carbocycles. The molecule has 0 aromatic heterocycles. The highest BCUT2D eigenvalue weighted by Crippen LogP contribution is 2.38. The Hall–Kier alpha value is -3.54. The average molecular weight is 446 g/mol. The van der Waals surface area contributed by atoms with Crippen LogP contribution in [-0.4, -0.2) is 29.5 Å². The molecule has 2 aliphatic rings. The van der Waals surface area contributed by atoms with E-state index in [0.29, 0.717) is 12.0 Å². The van der Waals surface area contributed by atoms with E-state index in [9.17, 15) is 10.1 Å². The van der Waals surface area contributed by atoms with E-state index in [4.69, 9.17) is 4.74 Å². The summed E-state index contributed by atoms with van der Waals surface area (Å²) in [6, 6.07) is 9.63. The second kappa shape index (κ2) is 9.53. The number of fused-ring (bicyclic) bond motifs is 1. The number of ether oxygens (including phenoxy) is 1. The summed E-state index contributed by atoms with van der Waals surface area (Å²) in [6.45, 7) is 9.70. The lowest BCUT2D eigenvalue weighted by atomic mass is 9.95. The van der Waals surface area contributed by atoms with Gasteiger partial charge in [-0.15, -0.1) is 0 Å². The third-order valence-corrected chi connectivity index (χ3v) is 6.57. The molecule has 2 atom stereocenters. The molecule has 1 aliphatic heterocycles. The number of rotatable bonds is 8. The number of aryl methyl sites for hydroxylation is 2. The van der Waals surface area contributed by atoms with Gasteiger partial charge in [0, 0.05) is 54.7 Å². The first-order chi connectivity index (χ1) is 15.9. The van der Waals surface area contributed by atoms with Crippen LogP contribution in [-0.2, 0) is 13.0 Å². The summed E-state index contributed by atoms with van der Waals surface area (Å²) in [4.78, 5) is 13.3. The molecule has 1 heterocycles. The van der Waals surface area contributed by atoms with E-state index in [1.54, 1.807) is 12.1 Å². The van der Waals surface area contributed by atoms with Crippen molar-refractivity contribution < 1.29 is 9.66 Å². The number of hydrogen-bond donors (Lipinski definition) is 1. The number of non-ortho nitro benzene ring substituents is 1. The fourth-order valence-electron chi connectivity index (χ4n) is 4.74. The minimum atomic E-state index is -0.354. The molecule has 6 heteroatoms. The predicted octanol–water partition coefficient (Wildman–Crippen LogP) is 5.87. The van der Waals surface area contributed by atoms with E-state index >= 15 is 0 Å². The Balaban J connectivity index is 1.55. The molecule has 0 bridgehead atoms. The van der Waals surface area contributed by atoms with Crippen molar-refractivity contribution in [2.75, 3.05) is 18.9 Å². The third kappa shape index (κ3) is 4.65. The summed E-state index contributed by atoms with van der Waals surface area (Å²) in [5.74, 6) is 1.29. The Morgan fingerprint density at radius 2 is 1.97 bits per heavy atom. The van der Waals surface area contributed by atoms with Crippen molar-refractivity contribution in [2.24, 2.45) is 5.92 Å². The number of nitrogens with zero attached hydrogens (tertiary/aromatic N) is 2. The second-order valence-electron chi connectivity index (χ2n) is 8.67. The summed E-state index contributed by atoms with van der Waals surface area (Å²) in [5, 5.41) is 14.6. The van der Waals surface area contributed by atoms with Crippen molar-refractivity contribution in [1.29, 1.82) is 0 Å². The van der Waals surface area contributed by atoms with Crippen molar-refractivity contribution in [3.05, 3.63) is 93.6 Å². The van der Waals surface area contributed by atoms with Crippen LogP contribution in [0.15, 0.2) is 61.2 Å². The molecular formula is C27H31N3O3. The first-order valence-corrected chi connectivity index (χ1v) is 11.4. The van der Waals surface area contributed by atoms with Crippen molar-refractivity contribution in [2.45, 2.75) is 39.3 Å². The monoisotopic (exact) mass is 445 g/mol. The Kier molecular flexibility index (Phi) is 6.54. The SMILES string of the molecule is C=C(c1cc(C)c(OCc2cc(CC)cc([N+](=O)[O-])c2)cc1NC)N1CCC2C=CC=CC21. The smallest absolute Gasteiger partial charge is 0.270 e. The molecule has 6 nitrogen and oxygen atoms in total. The Morgan fingerprint density at radius 3 is 2.70 bits per heavy atom. The highest BCUT2D eigenvalue weighted by molar-refractivity contribution is 5.77. The van der Waals surface area contributed by atoms with Crippen molar-refractivity contribution in [3.63, 3.8) is 0 Å². The quantitative estimate of drug-likeness (QED) is 0.406. The van der Waals surface area contributed by atoms with Gasteiger partial charge in [-0.05, 0) is 42.5 Å². The molecule has 33 heavy (non-hydrogen) atoms. The molecule has 0 radical (unpaired) electrons. The maximum absolute atomic E-state index is 11.3. The van der Waals surface area contributed by atoms with Crippen LogP contribution in [0.5, 0.6) is 5.75 Å². The molecule has 1 aliphatic carbocycles. The zero-order chi connectivity index (χ0) is 23.5. The number of nitro groups is 1. The maximum atomic E-state index is 11.3. The summed E-state index contributed by atoms with van der Waals surface area (Å²) in [6.07, 6.45) is 10.7. The number of allylic oxidation sites excluding steroid dienone is 2. The van der Waals surface area contributed by atoms with Gasteiger partial charge in [0.2, 0.25) is 0 Å². The predicted molar refractivity (Wildman–Crippen MR) is 133 cm³/mol. The Bertz CT molecular complexity index is 1140. The van der Waals surface area contributed by atoms with Crippen LogP contribution in [0.1, 0.15) is 35.6 Å². The van der Waals surface area contributed by atoms with Gasteiger partial charge in [0.1, 0.15) is 12.4 Å². The first kappa shape index (κ1) is 22.6. The fourth-order valence-corrected chi connectivity index (χ4v) is 4.74. The van der Waals surface area contributed by atoms with E-state index in [0.717, 1.165) is 58.8 Å². The Morgan fingerprint density at radius 1 is 1.21 bits per heavy atom. The normalized spacial score (nSPS) is 18.8. The molecule has 0 amide bonds. The molecule has 0 spiro atoms. The highest BCUT2D eigenvalue weighted by atomic mass is 16.6. The van der Waals surface area contributed by atoms with Crippen LogP contribution < -0.4 is 10.1 Å². The van der Waals surface area contributed by atoms with Crippen LogP contribution in [0.2, 0.25) is 0 Å². The molecule has 4 rings (SSSR count). The largest absolute Gasteiger partial charge is 0.489 e. The van der Waals surface area contributed by atoms with E-state index in [1.807, 2.05) is 33.0 Å². The van der Waals surface area contributed by atoms with Crippen molar-refractivity contribution in [1.82, 2.24) is 4.90 Å². The summed E-state index contributed by atoms with van der Waals surface area (Å²) in [7, 11) is 1.90. The standard InChI is InChI=1S/C27H31N3O3/c1-5-20-13-21(15-23(14-20)30(31)32)17-33-27-16-25(28-4)24(12-18(27)2)19(3)29-11-10-22-8-6-7-9-26(22)29/h6-9,12-16,22,26,28H,3,5,10-11,17H2,1-2,4H3. The van der Waals surface area contributed by atoms with Gasteiger partial charge in [-0.2, -0.15) is 0 Å². The van der Waals surface area contributed by atoms with Gasteiger partial charge in [-0.25, -0.2) is 0 Å².